The van der Waals surface area contributed by atoms with Crippen molar-refractivity contribution >= 4 is 17.2 Å². The van der Waals surface area contributed by atoms with Gasteiger partial charge in [-0.1, -0.05) is 18.2 Å². The van der Waals surface area contributed by atoms with Crippen LogP contribution in [0.1, 0.15) is 40.3 Å². The Kier molecular flexibility index (Phi) is 5.32. The van der Waals surface area contributed by atoms with Crippen LogP contribution in [-0.4, -0.2) is 23.8 Å². The molecule has 122 valence electrons. The molecule has 7 heteroatoms. The lowest BCUT2D eigenvalue weighted by molar-refractivity contribution is -0.186. The van der Waals surface area contributed by atoms with Gasteiger partial charge in [0.15, 0.2) is 6.29 Å². The van der Waals surface area contributed by atoms with Crippen molar-refractivity contribution in [2.24, 2.45) is 0 Å². The summed E-state index contributed by atoms with van der Waals surface area (Å²) >= 11 is 1.32. The number of ether oxygens (including phenoxy) is 1. The van der Waals surface area contributed by atoms with Crippen molar-refractivity contribution in [1.82, 2.24) is 10.5 Å². The van der Waals surface area contributed by atoms with Crippen molar-refractivity contribution in [3.8, 4) is 0 Å². The lowest BCUT2D eigenvalue weighted by Crippen LogP contribution is -2.33. The fourth-order valence-electron chi connectivity index (χ4n) is 2.28. The van der Waals surface area contributed by atoms with E-state index in [-0.39, 0.29) is 11.5 Å². The fraction of sp³-hybridized carbons (Fsp3) is 0.375. The zero-order valence-corrected chi connectivity index (χ0v) is 13.3. The Morgan fingerprint density at radius 3 is 3.09 bits per heavy atom. The highest BCUT2D eigenvalue weighted by molar-refractivity contribution is 7.09. The first-order chi connectivity index (χ1) is 11.2. The monoisotopic (exact) mass is 336 g/mol. The van der Waals surface area contributed by atoms with E-state index in [0.29, 0.717) is 23.6 Å². The van der Waals surface area contributed by atoms with Gasteiger partial charge >= 0.3 is 0 Å². The molecular weight excluding hydrogens is 319 g/mol. The molecule has 1 aromatic carbocycles. The SMILES string of the molecule is O=C(NO[C@H]1CCCCO1)c1csc(Cc2ccccc2F)n1. The number of nitrogens with zero attached hydrogens (tertiary/aromatic N) is 1. The molecule has 1 atom stereocenters. The first-order valence-electron chi connectivity index (χ1n) is 7.48. The van der Waals surface area contributed by atoms with E-state index in [1.165, 1.54) is 17.4 Å². The Balaban J connectivity index is 1.55. The maximum Gasteiger partial charge on any atom is 0.294 e. The third kappa shape index (κ3) is 4.34. The Morgan fingerprint density at radius 1 is 1.43 bits per heavy atom. The van der Waals surface area contributed by atoms with E-state index >= 15 is 0 Å². The predicted octanol–water partition coefficient (Wildman–Crippen LogP) is 3.06. The van der Waals surface area contributed by atoms with E-state index in [2.05, 4.69) is 10.5 Å². The van der Waals surface area contributed by atoms with Crippen molar-refractivity contribution in [3.63, 3.8) is 0 Å². The zero-order valence-electron chi connectivity index (χ0n) is 12.5. The summed E-state index contributed by atoms with van der Waals surface area (Å²) in [5.41, 5.74) is 3.18. The molecule has 0 radical (unpaired) electrons. The quantitative estimate of drug-likeness (QED) is 0.853. The lowest BCUT2D eigenvalue weighted by atomic mass is 10.1. The minimum atomic E-state index is -0.421. The topological polar surface area (TPSA) is 60.5 Å². The molecule has 1 amide bonds. The van der Waals surface area contributed by atoms with Crippen molar-refractivity contribution in [3.05, 3.63) is 51.7 Å². The molecule has 0 aliphatic carbocycles. The second-order valence-electron chi connectivity index (χ2n) is 5.24. The Bertz CT molecular complexity index is 671. The molecule has 1 N–H and O–H groups in total. The molecule has 1 aromatic heterocycles. The number of carbonyl (C=O) groups is 1. The van der Waals surface area contributed by atoms with Crippen LogP contribution in [0.5, 0.6) is 0 Å². The van der Waals surface area contributed by atoms with Crippen LogP contribution in [0.2, 0.25) is 0 Å². The van der Waals surface area contributed by atoms with Crippen LogP contribution in [0.3, 0.4) is 0 Å². The standard InChI is InChI=1S/C16H17FN2O3S/c17-12-6-2-1-5-11(12)9-14-18-13(10-23-14)16(20)19-22-15-7-3-4-8-21-15/h1-2,5-6,10,15H,3-4,7-9H2,(H,19,20)/t15-/m0/s1. The number of benzene rings is 1. The maximum atomic E-state index is 13.6. The number of hydrogen-bond acceptors (Lipinski definition) is 5. The van der Waals surface area contributed by atoms with E-state index in [0.717, 1.165) is 19.3 Å². The van der Waals surface area contributed by atoms with Crippen molar-refractivity contribution in [1.29, 1.82) is 0 Å². The number of halogens is 1. The van der Waals surface area contributed by atoms with Crippen LogP contribution in [0, 0.1) is 5.82 Å². The lowest BCUT2D eigenvalue weighted by Gasteiger charge is -2.21. The first kappa shape index (κ1) is 16.0. The van der Waals surface area contributed by atoms with E-state index in [1.807, 2.05) is 0 Å². The van der Waals surface area contributed by atoms with E-state index < -0.39 is 12.2 Å². The van der Waals surface area contributed by atoms with Crippen LogP contribution in [0.15, 0.2) is 29.6 Å². The van der Waals surface area contributed by atoms with Crippen LogP contribution in [-0.2, 0) is 16.0 Å². The molecule has 5 nitrogen and oxygen atoms in total. The van der Waals surface area contributed by atoms with Gasteiger partial charge in [-0.3, -0.25) is 4.79 Å². The Morgan fingerprint density at radius 2 is 2.30 bits per heavy atom. The van der Waals surface area contributed by atoms with Crippen LogP contribution < -0.4 is 5.48 Å². The molecule has 0 unspecified atom stereocenters. The van der Waals surface area contributed by atoms with Gasteiger partial charge in [0.25, 0.3) is 5.91 Å². The van der Waals surface area contributed by atoms with Gasteiger partial charge in [0.05, 0.1) is 5.01 Å². The molecule has 1 saturated heterocycles. The number of nitrogens with one attached hydrogen (secondary N) is 1. The minimum absolute atomic E-state index is 0.261. The Hall–Kier alpha value is -1.83. The molecular formula is C16H17FN2O3S. The molecule has 2 heterocycles. The Labute approximate surface area is 137 Å². The fourth-order valence-corrected chi connectivity index (χ4v) is 3.07. The highest BCUT2D eigenvalue weighted by Gasteiger charge is 2.18. The van der Waals surface area contributed by atoms with E-state index in [1.54, 1.807) is 23.6 Å². The number of hydroxylamine groups is 1. The zero-order chi connectivity index (χ0) is 16.1. The molecule has 0 spiro atoms. The smallest absolute Gasteiger partial charge is 0.294 e. The summed E-state index contributed by atoms with van der Waals surface area (Å²) in [6.45, 7) is 0.643. The van der Waals surface area contributed by atoms with Gasteiger partial charge in [-0.25, -0.2) is 19.7 Å². The van der Waals surface area contributed by atoms with Crippen LogP contribution in [0.4, 0.5) is 4.39 Å². The average Bonchev–Trinajstić information content (AvgIpc) is 3.04. The number of hydrogen-bond donors (Lipinski definition) is 1. The molecule has 1 fully saturated rings. The summed E-state index contributed by atoms with van der Waals surface area (Å²) in [6, 6.07) is 6.54. The molecule has 0 bridgehead atoms. The third-order valence-electron chi connectivity index (χ3n) is 3.50. The number of rotatable bonds is 5. The normalized spacial score (nSPS) is 17.9. The number of carbonyl (C=O) groups excluding carboxylic acids is 1. The summed E-state index contributed by atoms with van der Waals surface area (Å²) in [7, 11) is 0. The number of amides is 1. The highest BCUT2D eigenvalue weighted by atomic mass is 32.1. The molecule has 23 heavy (non-hydrogen) atoms. The highest BCUT2D eigenvalue weighted by Crippen LogP contribution is 2.17. The van der Waals surface area contributed by atoms with Crippen LogP contribution >= 0.6 is 11.3 Å². The second-order valence-corrected chi connectivity index (χ2v) is 6.18. The van der Waals surface area contributed by atoms with Gasteiger partial charge in [-0.15, -0.1) is 11.3 Å². The largest absolute Gasteiger partial charge is 0.350 e. The predicted molar refractivity (Wildman–Crippen MR) is 83.5 cm³/mol. The summed E-state index contributed by atoms with van der Waals surface area (Å²) in [5.74, 6) is -0.693. The minimum Gasteiger partial charge on any atom is -0.350 e. The van der Waals surface area contributed by atoms with Crippen LogP contribution in [0.25, 0.3) is 0 Å². The van der Waals surface area contributed by atoms with Gasteiger partial charge in [-0.2, -0.15) is 0 Å². The molecule has 3 rings (SSSR count). The van der Waals surface area contributed by atoms with Gasteiger partial charge in [0.2, 0.25) is 0 Å². The summed E-state index contributed by atoms with van der Waals surface area (Å²) in [6.07, 6.45) is 2.75. The molecule has 1 aliphatic rings. The van der Waals surface area contributed by atoms with Gasteiger partial charge < -0.3 is 4.74 Å². The third-order valence-corrected chi connectivity index (χ3v) is 4.35. The van der Waals surface area contributed by atoms with Gasteiger partial charge in [0, 0.05) is 24.8 Å². The second kappa shape index (κ2) is 7.63. The number of aromatic nitrogens is 1. The molecule has 0 saturated carbocycles. The van der Waals surface area contributed by atoms with Crippen molar-refractivity contribution in [2.75, 3.05) is 6.61 Å². The summed E-state index contributed by atoms with van der Waals surface area (Å²) in [4.78, 5) is 21.5. The summed E-state index contributed by atoms with van der Waals surface area (Å²) in [5, 5.41) is 2.31. The van der Waals surface area contributed by atoms with Gasteiger partial charge in [0.1, 0.15) is 11.5 Å². The average molecular weight is 336 g/mol. The van der Waals surface area contributed by atoms with Crippen molar-refractivity contribution < 1.29 is 18.8 Å². The van der Waals surface area contributed by atoms with Crippen molar-refractivity contribution in [2.45, 2.75) is 32.0 Å². The van der Waals surface area contributed by atoms with E-state index in [9.17, 15) is 9.18 Å². The maximum absolute atomic E-state index is 13.6. The molecule has 1 aliphatic heterocycles. The van der Waals surface area contributed by atoms with Gasteiger partial charge in [-0.05, 0) is 24.5 Å². The molecule has 2 aromatic rings. The first-order valence-corrected chi connectivity index (χ1v) is 8.36. The summed E-state index contributed by atoms with van der Waals surface area (Å²) < 4.78 is 19.0. The number of thiazole rings is 1. The van der Waals surface area contributed by atoms with E-state index in [4.69, 9.17) is 9.57 Å².